The Hall–Kier alpha value is -0.850. The summed E-state index contributed by atoms with van der Waals surface area (Å²) in [5.41, 5.74) is 0.926. The molecule has 0 atom stereocenters. The van der Waals surface area contributed by atoms with Crippen molar-refractivity contribution in [2.45, 2.75) is 13.8 Å². The fourth-order valence-corrected chi connectivity index (χ4v) is 0.895. The average Bonchev–Trinajstić information content (AvgIpc) is 2.13. The first kappa shape index (κ1) is 6.27. The molecular weight excluding hydrogens is 112 g/mol. The van der Waals surface area contributed by atoms with Crippen LogP contribution in [0.15, 0.2) is 23.8 Å². The predicted octanol–water partition coefficient (Wildman–Crippen LogP) is 1.71. The van der Waals surface area contributed by atoms with E-state index >= 15 is 0 Å². The van der Waals surface area contributed by atoms with Gasteiger partial charge in [0, 0.05) is 5.57 Å². The minimum atomic E-state index is 0.171. The lowest BCUT2D eigenvalue weighted by Gasteiger charge is -2.01. The molecule has 0 aliphatic heterocycles. The molecular formula is C8H10O. The van der Waals surface area contributed by atoms with Crippen LogP contribution in [-0.2, 0) is 4.79 Å². The first-order valence-electron chi connectivity index (χ1n) is 3.14. The number of allylic oxidation sites excluding steroid dienone is 4. The summed E-state index contributed by atoms with van der Waals surface area (Å²) in [7, 11) is 0. The van der Waals surface area contributed by atoms with Crippen LogP contribution in [0.4, 0.5) is 0 Å². The highest BCUT2D eigenvalue weighted by molar-refractivity contribution is 6.07. The highest BCUT2D eigenvalue weighted by Crippen LogP contribution is 2.15. The summed E-state index contributed by atoms with van der Waals surface area (Å²) in [4.78, 5) is 10.9. The zero-order chi connectivity index (χ0) is 6.85. The quantitative estimate of drug-likeness (QED) is 0.517. The largest absolute Gasteiger partial charge is 0.290 e. The maximum absolute atomic E-state index is 10.9. The van der Waals surface area contributed by atoms with Crippen LogP contribution in [0.1, 0.15) is 13.8 Å². The fourth-order valence-electron chi connectivity index (χ4n) is 0.895. The van der Waals surface area contributed by atoms with E-state index in [2.05, 4.69) is 0 Å². The Morgan fingerprint density at radius 3 is 2.33 bits per heavy atom. The van der Waals surface area contributed by atoms with Gasteiger partial charge in [-0.05, 0) is 12.0 Å². The van der Waals surface area contributed by atoms with Crippen molar-refractivity contribution >= 4 is 5.78 Å². The van der Waals surface area contributed by atoms with Gasteiger partial charge in [0.2, 0.25) is 0 Å². The molecule has 0 saturated heterocycles. The Balaban J connectivity index is 2.76. The summed E-state index contributed by atoms with van der Waals surface area (Å²) in [6, 6.07) is 0. The molecule has 0 heterocycles. The van der Waals surface area contributed by atoms with Crippen molar-refractivity contribution in [3.63, 3.8) is 0 Å². The van der Waals surface area contributed by atoms with Crippen molar-refractivity contribution in [1.82, 2.24) is 0 Å². The van der Waals surface area contributed by atoms with Gasteiger partial charge in [-0.3, -0.25) is 4.79 Å². The monoisotopic (exact) mass is 122 g/mol. The topological polar surface area (TPSA) is 17.1 Å². The Morgan fingerprint density at radius 1 is 1.44 bits per heavy atom. The molecule has 0 aromatic rings. The Morgan fingerprint density at radius 2 is 2.11 bits per heavy atom. The van der Waals surface area contributed by atoms with Crippen LogP contribution in [0.25, 0.3) is 0 Å². The van der Waals surface area contributed by atoms with Crippen LogP contribution < -0.4 is 0 Å². The molecule has 48 valence electrons. The maximum atomic E-state index is 10.9. The summed E-state index contributed by atoms with van der Waals surface area (Å²) in [6.45, 7) is 4.05. The molecule has 0 bridgehead atoms. The number of rotatable bonds is 1. The molecule has 1 heteroatoms. The van der Waals surface area contributed by atoms with Crippen LogP contribution in [0, 0.1) is 5.92 Å². The summed E-state index contributed by atoms with van der Waals surface area (Å²) in [5.74, 6) is 0.539. The standard InChI is InChI=1S/C8H10O/c1-6(2)7-4-3-5-8(7)9/h3-6H,1-2H3. The van der Waals surface area contributed by atoms with Gasteiger partial charge in [-0.2, -0.15) is 0 Å². The molecule has 0 aromatic heterocycles. The van der Waals surface area contributed by atoms with E-state index in [0.29, 0.717) is 5.92 Å². The Labute approximate surface area is 55.1 Å². The smallest absolute Gasteiger partial charge is 0.182 e. The lowest BCUT2D eigenvalue weighted by molar-refractivity contribution is -0.111. The van der Waals surface area contributed by atoms with E-state index < -0.39 is 0 Å². The van der Waals surface area contributed by atoms with Crippen LogP contribution >= 0.6 is 0 Å². The number of carbonyl (C=O) groups is 1. The van der Waals surface area contributed by atoms with E-state index in [4.69, 9.17) is 0 Å². The van der Waals surface area contributed by atoms with Crippen molar-refractivity contribution in [2.24, 2.45) is 5.92 Å². The molecule has 0 unspecified atom stereocenters. The third-order valence-electron chi connectivity index (χ3n) is 1.43. The molecule has 0 N–H and O–H groups in total. The van der Waals surface area contributed by atoms with E-state index in [1.54, 1.807) is 12.2 Å². The van der Waals surface area contributed by atoms with Gasteiger partial charge < -0.3 is 0 Å². The molecule has 1 nitrogen and oxygen atoms in total. The molecule has 0 aromatic carbocycles. The van der Waals surface area contributed by atoms with Crippen LogP contribution in [0.2, 0.25) is 0 Å². The van der Waals surface area contributed by atoms with Gasteiger partial charge in [-0.1, -0.05) is 26.0 Å². The molecule has 0 fully saturated rings. The van der Waals surface area contributed by atoms with Gasteiger partial charge >= 0.3 is 0 Å². The fraction of sp³-hybridized carbons (Fsp3) is 0.375. The second-order valence-corrected chi connectivity index (χ2v) is 2.50. The summed E-state index contributed by atoms with van der Waals surface area (Å²) < 4.78 is 0. The molecule has 9 heavy (non-hydrogen) atoms. The minimum absolute atomic E-state index is 0.171. The number of carbonyl (C=O) groups excluding carboxylic acids is 1. The van der Waals surface area contributed by atoms with Crippen LogP contribution in [-0.4, -0.2) is 5.78 Å². The van der Waals surface area contributed by atoms with Gasteiger partial charge in [0.15, 0.2) is 5.78 Å². The van der Waals surface area contributed by atoms with Gasteiger partial charge in [-0.15, -0.1) is 0 Å². The SMILES string of the molecule is CC(C)C1=CC=CC1=O. The minimum Gasteiger partial charge on any atom is -0.290 e. The lowest BCUT2D eigenvalue weighted by Crippen LogP contribution is -2.01. The summed E-state index contributed by atoms with van der Waals surface area (Å²) in [5, 5.41) is 0. The third-order valence-corrected chi connectivity index (χ3v) is 1.43. The zero-order valence-corrected chi connectivity index (χ0v) is 5.72. The van der Waals surface area contributed by atoms with E-state index in [9.17, 15) is 4.79 Å². The average molecular weight is 122 g/mol. The normalized spacial score (nSPS) is 17.2. The van der Waals surface area contributed by atoms with Crippen molar-refractivity contribution < 1.29 is 4.79 Å². The van der Waals surface area contributed by atoms with E-state index in [1.807, 2.05) is 19.9 Å². The number of hydrogen-bond donors (Lipinski definition) is 0. The van der Waals surface area contributed by atoms with Crippen molar-refractivity contribution in [3.05, 3.63) is 23.8 Å². The van der Waals surface area contributed by atoms with E-state index in [0.717, 1.165) is 5.57 Å². The van der Waals surface area contributed by atoms with Crippen LogP contribution in [0.3, 0.4) is 0 Å². The second kappa shape index (κ2) is 2.18. The second-order valence-electron chi connectivity index (χ2n) is 2.50. The molecule has 1 rings (SSSR count). The number of hydrogen-bond acceptors (Lipinski definition) is 1. The summed E-state index contributed by atoms with van der Waals surface area (Å²) in [6.07, 6.45) is 5.29. The zero-order valence-electron chi connectivity index (χ0n) is 5.72. The van der Waals surface area contributed by atoms with Crippen molar-refractivity contribution in [1.29, 1.82) is 0 Å². The molecule has 0 amide bonds. The highest BCUT2D eigenvalue weighted by Gasteiger charge is 2.12. The van der Waals surface area contributed by atoms with Gasteiger partial charge in [0.25, 0.3) is 0 Å². The predicted molar refractivity (Wildman–Crippen MR) is 37.1 cm³/mol. The van der Waals surface area contributed by atoms with E-state index in [1.165, 1.54) is 0 Å². The Bertz CT molecular complexity index is 185. The van der Waals surface area contributed by atoms with Crippen LogP contribution in [0.5, 0.6) is 0 Å². The first-order chi connectivity index (χ1) is 4.22. The van der Waals surface area contributed by atoms with E-state index in [-0.39, 0.29) is 5.78 Å². The third kappa shape index (κ3) is 1.10. The van der Waals surface area contributed by atoms with Gasteiger partial charge in [0.05, 0.1) is 0 Å². The molecule has 0 saturated carbocycles. The molecule has 0 spiro atoms. The highest BCUT2D eigenvalue weighted by atomic mass is 16.1. The summed E-state index contributed by atoms with van der Waals surface area (Å²) >= 11 is 0. The Kier molecular flexibility index (Phi) is 1.52. The lowest BCUT2D eigenvalue weighted by atomic mass is 10.0. The van der Waals surface area contributed by atoms with Gasteiger partial charge in [-0.25, -0.2) is 0 Å². The molecule has 0 radical (unpaired) electrons. The first-order valence-corrected chi connectivity index (χ1v) is 3.14. The number of ketones is 1. The molecule has 1 aliphatic carbocycles. The van der Waals surface area contributed by atoms with Crippen molar-refractivity contribution in [2.75, 3.05) is 0 Å². The van der Waals surface area contributed by atoms with Gasteiger partial charge in [0.1, 0.15) is 0 Å². The van der Waals surface area contributed by atoms with Crippen molar-refractivity contribution in [3.8, 4) is 0 Å². The molecule has 1 aliphatic rings. The maximum Gasteiger partial charge on any atom is 0.182 e.